The van der Waals surface area contributed by atoms with E-state index in [2.05, 4.69) is 0 Å². The van der Waals surface area contributed by atoms with E-state index in [1.165, 1.54) is 0 Å². The van der Waals surface area contributed by atoms with Gasteiger partial charge in [-0.15, -0.1) is 0 Å². The lowest BCUT2D eigenvalue weighted by atomic mass is 9.84. The largest absolute Gasteiger partial charge is 0.396 e. The first kappa shape index (κ1) is 7.28. The van der Waals surface area contributed by atoms with Crippen molar-refractivity contribution in [3.8, 4) is 0 Å². The van der Waals surface area contributed by atoms with Gasteiger partial charge >= 0.3 is 0 Å². The van der Waals surface area contributed by atoms with E-state index in [4.69, 9.17) is 14.9 Å². The zero-order valence-electron chi connectivity index (χ0n) is 6.18. The van der Waals surface area contributed by atoms with E-state index in [0.29, 0.717) is 0 Å². The fourth-order valence-corrected chi connectivity index (χ4v) is 1.94. The predicted molar refractivity (Wildman–Crippen MR) is 39.0 cm³/mol. The van der Waals surface area contributed by atoms with Crippen LogP contribution in [-0.2, 0) is 4.74 Å². The Morgan fingerprint density at radius 3 is 1.82 bits per heavy atom. The molecule has 4 atom stereocenters. The average molecular weight is 156 g/mol. The van der Waals surface area contributed by atoms with Crippen molar-refractivity contribution in [3.05, 3.63) is 12.2 Å². The summed E-state index contributed by atoms with van der Waals surface area (Å²) in [5.41, 5.74) is 0. The van der Waals surface area contributed by atoms with E-state index in [0.717, 1.165) is 0 Å². The lowest BCUT2D eigenvalue weighted by molar-refractivity contribution is 0.0910. The molecule has 0 aromatic heterocycles. The molecule has 1 saturated heterocycles. The molecule has 2 bridgehead atoms. The van der Waals surface area contributed by atoms with E-state index in [1.54, 1.807) is 0 Å². The molecule has 0 aromatic rings. The van der Waals surface area contributed by atoms with E-state index in [9.17, 15) is 0 Å². The molecule has 0 radical (unpaired) electrons. The lowest BCUT2D eigenvalue weighted by Gasteiger charge is -2.20. The summed E-state index contributed by atoms with van der Waals surface area (Å²) < 4.78 is 5.45. The summed E-state index contributed by atoms with van der Waals surface area (Å²) in [4.78, 5) is 0. The molecule has 3 heteroatoms. The van der Waals surface area contributed by atoms with Crippen LogP contribution in [0.25, 0.3) is 0 Å². The molecule has 2 unspecified atom stereocenters. The average Bonchev–Trinajstić information content (AvgIpc) is 2.60. The zero-order valence-corrected chi connectivity index (χ0v) is 6.18. The molecule has 0 aromatic carbocycles. The standard InChI is InChI=1S/C8H12O3/c9-3-5-6(4-10)8-2-1-7(5)11-8/h1-2,5-10H,3-4H2/t5?,6?,7-,8+. The summed E-state index contributed by atoms with van der Waals surface area (Å²) in [6.07, 6.45) is 4.03. The van der Waals surface area contributed by atoms with Crippen LogP contribution in [0.2, 0.25) is 0 Å². The number of rotatable bonds is 2. The fraction of sp³-hybridized carbons (Fsp3) is 0.750. The second-order valence-electron chi connectivity index (χ2n) is 3.14. The van der Waals surface area contributed by atoms with Crippen LogP contribution in [0.3, 0.4) is 0 Å². The molecule has 11 heavy (non-hydrogen) atoms. The highest BCUT2D eigenvalue weighted by molar-refractivity contribution is 5.14. The highest BCUT2D eigenvalue weighted by Crippen LogP contribution is 2.38. The third-order valence-electron chi connectivity index (χ3n) is 2.62. The van der Waals surface area contributed by atoms with Crippen molar-refractivity contribution in [3.63, 3.8) is 0 Å². The van der Waals surface area contributed by atoms with E-state index >= 15 is 0 Å². The van der Waals surface area contributed by atoms with Crippen LogP contribution in [0.1, 0.15) is 0 Å². The van der Waals surface area contributed by atoms with Gasteiger partial charge in [0.2, 0.25) is 0 Å². The minimum absolute atomic E-state index is 0.0437. The second-order valence-corrected chi connectivity index (χ2v) is 3.14. The van der Waals surface area contributed by atoms with Crippen molar-refractivity contribution in [2.75, 3.05) is 13.2 Å². The Bertz CT molecular complexity index is 160. The molecule has 1 fully saturated rings. The van der Waals surface area contributed by atoms with Crippen molar-refractivity contribution in [2.45, 2.75) is 12.2 Å². The summed E-state index contributed by atoms with van der Waals surface area (Å²) in [7, 11) is 0. The van der Waals surface area contributed by atoms with E-state index in [-0.39, 0.29) is 37.3 Å². The maximum Gasteiger partial charge on any atom is 0.0819 e. The summed E-state index contributed by atoms with van der Waals surface area (Å²) in [5.74, 6) is 0.213. The summed E-state index contributed by atoms with van der Waals surface area (Å²) in [6.45, 7) is 0.216. The number of ether oxygens (including phenoxy) is 1. The summed E-state index contributed by atoms with van der Waals surface area (Å²) in [6, 6.07) is 0. The Labute approximate surface area is 65.3 Å². The molecule has 62 valence electrons. The summed E-state index contributed by atoms with van der Waals surface area (Å²) >= 11 is 0. The van der Waals surface area contributed by atoms with Crippen molar-refractivity contribution in [2.24, 2.45) is 11.8 Å². The van der Waals surface area contributed by atoms with E-state index in [1.807, 2.05) is 12.2 Å². The Balaban J connectivity index is 2.15. The number of fused-ring (bicyclic) bond motifs is 2. The minimum atomic E-state index is 0.0437. The number of aliphatic hydroxyl groups is 2. The third-order valence-corrected chi connectivity index (χ3v) is 2.62. The molecule has 0 saturated carbocycles. The van der Waals surface area contributed by atoms with Crippen LogP contribution in [0.15, 0.2) is 12.2 Å². The molecule has 2 rings (SSSR count). The Morgan fingerprint density at radius 1 is 1.00 bits per heavy atom. The van der Waals surface area contributed by atoms with Crippen LogP contribution >= 0.6 is 0 Å². The first-order chi connectivity index (χ1) is 5.36. The van der Waals surface area contributed by atoms with Gasteiger partial charge in [-0.25, -0.2) is 0 Å². The van der Waals surface area contributed by atoms with Crippen molar-refractivity contribution < 1.29 is 14.9 Å². The molecule has 0 amide bonds. The van der Waals surface area contributed by atoms with Gasteiger partial charge in [0.1, 0.15) is 0 Å². The molecular weight excluding hydrogens is 144 g/mol. The van der Waals surface area contributed by atoms with E-state index < -0.39 is 0 Å². The third kappa shape index (κ3) is 0.922. The van der Waals surface area contributed by atoms with Gasteiger partial charge in [0, 0.05) is 25.0 Å². The van der Waals surface area contributed by atoms with Gasteiger partial charge in [-0.2, -0.15) is 0 Å². The SMILES string of the molecule is OCC1C(CO)[C@H]2C=C[C@@H]1O2. The number of hydrogen-bond acceptors (Lipinski definition) is 3. The van der Waals surface area contributed by atoms with Gasteiger partial charge in [-0.05, 0) is 0 Å². The first-order valence-corrected chi connectivity index (χ1v) is 3.92. The molecule has 3 nitrogen and oxygen atoms in total. The van der Waals surface area contributed by atoms with Gasteiger partial charge < -0.3 is 14.9 Å². The molecule has 0 spiro atoms. The van der Waals surface area contributed by atoms with Gasteiger partial charge in [0.25, 0.3) is 0 Å². The maximum absolute atomic E-state index is 8.96. The zero-order chi connectivity index (χ0) is 7.84. The predicted octanol–water partition coefficient (Wildman–Crippen LogP) is -0.459. The molecular formula is C8H12O3. The monoisotopic (exact) mass is 156 g/mol. The number of aliphatic hydroxyl groups excluding tert-OH is 2. The lowest BCUT2D eigenvalue weighted by Crippen LogP contribution is -2.29. The maximum atomic E-state index is 8.96. The molecule has 2 heterocycles. The fourth-order valence-electron chi connectivity index (χ4n) is 1.94. The topological polar surface area (TPSA) is 49.7 Å². The van der Waals surface area contributed by atoms with Crippen LogP contribution in [0.5, 0.6) is 0 Å². The molecule has 2 aliphatic rings. The van der Waals surface area contributed by atoms with Crippen LogP contribution in [-0.4, -0.2) is 35.6 Å². The molecule has 2 N–H and O–H groups in total. The molecule has 2 aliphatic heterocycles. The highest BCUT2D eigenvalue weighted by Gasteiger charge is 2.44. The smallest absolute Gasteiger partial charge is 0.0819 e. The summed E-state index contributed by atoms with van der Waals surface area (Å²) in [5, 5.41) is 17.9. The minimum Gasteiger partial charge on any atom is -0.396 e. The van der Waals surface area contributed by atoms with Crippen molar-refractivity contribution >= 4 is 0 Å². The quantitative estimate of drug-likeness (QED) is 0.532. The van der Waals surface area contributed by atoms with Crippen LogP contribution < -0.4 is 0 Å². The van der Waals surface area contributed by atoms with Crippen LogP contribution in [0.4, 0.5) is 0 Å². The Morgan fingerprint density at radius 2 is 1.45 bits per heavy atom. The first-order valence-electron chi connectivity index (χ1n) is 3.92. The number of hydrogen-bond donors (Lipinski definition) is 2. The van der Waals surface area contributed by atoms with Gasteiger partial charge in [-0.3, -0.25) is 0 Å². The van der Waals surface area contributed by atoms with Crippen molar-refractivity contribution in [1.29, 1.82) is 0 Å². The highest BCUT2D eigenvalue weighted by atomic mass is 16.5. The normalized spacial score (nSPS) is 47.1. The van der Waals surface area contributed by atoms with Gasteiger partial charge in [0.05, 0.1) is 12.2 Å². The molecule has 0 aliphatic carbocycles. The van der Waals surface area contributed by atoms with Gasteiger partial charge in [0.15, 0.2) is 0 Å². The Hall–Kier alpha value is -0.380. The van der Waals surface area contributed by atoms with Gasteiger partial charge in [-0.1, -0.05) is 12.2 Å². The van der Waals surface area contributed by atoms with Crippen LogP contribution in [0, 0.1) is 11.8 Å². The second kappa shape index (κ2) is 2.59. The van der Waals surface area contributed by atoms with Crippen molar-refractivity contribution in [1.82, 2.24) is 0 Å². The Kier molecular flexibility index (Phi) is 1.71.